The minimum Gasteiger partial charge on any atom is -0.393 e. The molecule has 0 amide bonds. The minimum absolute atomic E-state index is 0.193. The third kappa shape index (κ3) is 3.85. The summed E-state index contributed by atoms with van der Waals surface area (Å²) in [6, 6.07) is 6.55. The van der Waals surface area contributed by atoms with Crippen molar-refractivity contribution >= 4 is 17.0 Å². The Kier molecular flexibility index (Phi) is 5.52. The van der Waals surface area contributed by atoms with Gasteiger partial charge in [-0.3, -0.25) is 0 Å². The topological polar surface area (TPSA) is 75.9 Å². The van der Waals surface area contributed by atoms with E-state index in [-0.39, 0.29) is 18.0 Å². The number of unbranched alkanes of at least 4 members (excludes halogenated alkanes) is 1. The molecule has 2 N–H and O–H groups in total. The lowest BCUT2D eigenvalue weighted by Crippen LogP contribution is -2.22. The van der Waals surface area contributed by atoms with Gasteiger partial charge in [-0.2, -0.15) is 10.1 Å². The molecular weight excluding hydrogens is 357 g/mol. The largest absolute Gasteiger partial charge is 0.393 e. The van der Waals surface area contributed by atoms with E-state index in [1.807, 2.05) is 4.68 Å². The molecule has 148 valence electrons. The van der Waals surface area contributed by atoms with Gasteiger partial charge in [0.1, 0.15) is 11.5 Å². The Bertz CT molecular complexity index is 932. The zero-order chi connectivity index (χ0) is 19.5. The van der Waals surface area contributed by atoms with Crippen LogP contribution >= 0.6 is 0 Å². The Balaban J connectivity index is 1.75. The number of fused-ring (bicyclic) bond motifs is 1. The second-order valence-electron chi connectivity index (χ2n) is 7.47. The van der Waals surface area contributed by atoms with E-state index in [0.29, 0.717) is 5.95 Å². The number of aromatic nitrogens is 4. The number of halogens is 1. The molecule has 1 saturated carbocycles. The fraction of sp³-hybridized carbons (Fsp3) is 0.476. The highest BCUT2D eigenvalue weighted by Gasteiger charge is 2.25. The second kappa shape index (κ2) is 8.22. The molecule has 0 spiro atoms. The lowest BCUT2D eigenvalue weighted by atomic mass is 9.93. The van der Waals surface area contributed by atoms with Crippen molar-refractivity contribution in [1.29, 1.82) is 0 Å². The Morgan fingerprint density at radius 2 is 1.93 bits per heavy atom. The smallest absolute Gasteiger partial charge is 0.224 e. The van der Waals surface area contributed by atoms with Crippen LogP contribution < -0.4 is 5.32 Å². The number of hydrogen-bond acceptors (Lipinski definition) is 5. The molecule has 3 aromatic rings. The number of nitrogens with one attached hydrogen (secondary N) is 1. The third-order valence-electron chi connectivity index (χ3n) is 5.39. The van der Waals surface area contributed by atoms with E-state index in [2.05, 4.69) is 17.2 Å². The van der Waals surface area contributed by atoms with Gasteiger partial charge < -0.3 is 10.4 Å². The van der Waals surface area contributed by atoms with Gasteiger partial charge in [0, 0.05) is 18.3 Å². The van der Waals surface area contributed by atoms with Crippen LogP contribution in [0.15, 0.2) is 30.5 Å². The van der Waals surface area contributed by atoms with Crippen LogP contribution in [0.4, 0.5) is 10.3 Å². The molecule has 2 aromatic heterocycles. The summed E-state index contributed by atoms with van der Waals surface area (Å²) in [6.45, 7) is 2.98. The number of aliphatic hydroxyl groups excluding tert-OH is 1. The Morgan fingerprint density at radius 3 is 2.64 bits per heavy atom. The van der Waals surface area contributed by atoms with E-state index in [4.69, 9.17) is 10.1 Å². The second-order valence-corrected chi connectivity index (χ2v) is 7.47. The number of anilines is 1. The van der Waals surface area contributed by atoms with Gasteiger partial charge in [0.15, 0.2) is 5.65 Å². The number of hydrogen-bond donors (Lipinski definition) is 2. The first-order valence-electron chi connectivity index (χ1n) is 10.1. The van der Waals surface area contributed by atoms with Crippen LogP contribution in [0.2, 0.25) is 0 Å². The van der Waals surface area contributed by atoms with Gasteiger partial charge in [-0.1, -0.05) is 13.3 Å². The van der Waals surface area contributed by atoms with Crippen molar-refractivity contribution in [3.05, 3.63) is 36.3 Å². The molecule has 0 aliphatic heterocycles. The Morgan fingerprint density at radius 1 is 1.18 bits per heavy atom. The number of nitrogens with zero attached hydrogens (tertiary/aromatic N) is 4. The number of rotatable bonds is 6. The molecule has 1 aromatic carbocycles. The summed E-state index contributed by atoms with van der Waals surface area (Å²) >= 11 is 0. The van der Waals surface area contributed by atoms with Gasteiger partial charge in [-0.15, -0.1) is 0 Å². The van der Waals surface area contributed by atoms with Gasteiger partial charge in [0.2, 0.25) is 5.95 Å². The summed E-state index contributed by atoms with van der Waals surface area (Å²) in [4.78, 5) is 9.21. The molecule has 6 nitrogen and oxygen atoms in total. The standard InChI is InChI=1S/C21H26FN5O/c1-2-3-12-23-21-24-13-18-19(14-4-6-15(22)7-5-14)26-27(20(18)25-21)16-8-10-17(28)11-9-16/h4-7,13,16-17,28H,2-3,8-12H2,1H3,(H,23,24,25). The summed E-state index contributed by atoms with van der Waals surface area (Å²) < 4.78 is 15.3. The molecule has 0 bridgehead atoms. The minimum atomic E-state index is -0.271. The van der Waals surface area contributed by atoms with Crippen LogP contribution in [0, 0.1) is 5.82 Å². The molecule has 1 aliphatic rings. The zero-order valence-electron chi connectivity index (χ0n) is 16.1. The van der Waals surface area contributed by atoms with Crippen LogP contribution in [-0.2, 0) is 0 Å². The van der Waals surface area contributed by atoms with E-state index >= 15 is 0 Å². The maximum Gasteiger partial charge on any atom is 0.224 e. The van der Waals surface area contributed by atoms with Crippen molar-refractivity contribution in [3.8, 4) is 11.3 Å². The predicted molar refractivity (Wildman–Crippen MR) is 108 cm³/mol. The molecule has 28 heavy (non-hydrogen) atoms. The van der Waals surface area contributed by atoms with Gasteiger partial charge >= 0.3 is 0 Å². The van der Waals surface area contributed by atoms with Crippen LogP contribution in [0.25, 0.3) is 22.3 Å². The number of aliphatic hydroxyl groups is 1. The molecule has 7 heteroatoms. The normalized spacial score (nSPS) is 19.8. The molecule has 1 fully saturated rings. The molecule has 1 aliphatic carbocycles. The predicted octanol–water partition coefficient (Wildman–Crippen LogP) is 4.32. The van der Waals surface area contributed by atoms with E-state index in [9.17, 15) is 9.50 Å². The van der Waals surface area contributed by atoms with Crippen molar-refractivity contribution < 1.29 is 9.50 Å². The molecular formula is C21H26FN5O. The highest BCUT2D eigenvalue weighted by Crippen LogP contribution is 2.34. The highest BCUT2D eigenvalue weighted by atomic mass is 19.1. The van der Waals surface area contributed by atoms with Crippen molar-refractivity contribution in [2.45, 2.75) is 57.6 Å². The number of benzene rings is 1. The quantitative estimate of drug-likeness (QED) is 0.620. The third-order valence-corrected chi connectivity index (χ3v) is 5.39. The van der Waals surface area contributed by atoms with Crippen LogP contribution in [0.1, 0.15) is 51.5 Å². The highest BCUT2D eigenvalue weighted by molar-refractivity contribution is 5.91. The lowest BCUT2D eigenvalue weighted by Gasteiger charge is -2.25. The van der Waals surface area contributed by atoms with Crippen LogP contribution in [0.5, 0.6) is 0 Å². The molecule has 0 unspecified atom stereocenters. The van der Waals surface area contributed by atoms with Crippen molar-refractivity contribution in [2.24, 2.45) is 0 Å². The molecule has 4 rings (SSSR count). The molecule has 0 radical (unpaired) electrons. The summed E-state index contributed by atoms with van der Waals surface area (Å²) in [7, 11) is 0. The summed E-state index contributed by atoms with van der Waals surface area (Å²) in [6.07, 6.45) is 7.00. The fourth-order valence-corrected chi connectivity index (χ4v) is 3.76. The summed E-state index contributed by atoms with van der Waals surface area (Å²) in [5.74, 6) is 0.330. The summed E-state index contributed by atoms with van der Waals surface area (Å²) in [5, 5.41) is 18.9. The fourth-order valence-electron chi connectivity index (χ4n) is 3.76. The van der Waals surface area contributed by atoms with Gasteiger partial charge in [0.05, 0.1) is 17.5 Å². The van der Waals surface area contributed by atoms with Crippen LogP contribution in [0.3, 0.4) is 0 Å². The van der Waals surface area contributed by atoms with E-state index in [1.165, 1.54) is 12.1 Å². The lowest BCUT2D eigenvalue weighted by molar-refractivity contribution is 0.109. The van der Waals surface area contributed by atoms with Crippen molar-refractivity contribution in [2.75, 3.05) is 11.9 Å². The van der Waals surface area contributed by atoms with Gasteiger partial charge in [-0.05, 0) is 56.4 Å². The monoisotopic (exact) mass is 383 g/mol. The molecule has 0 atom stereocenters. The SMILES string of the molecule is CCCCNc1ncc2c(-c3ccc(F)cc3)nn(C3CCC(O)CC3)c2n1. The Hall–Kier alpha value is -2.54. The van der Waals surface area contributed by atoms with E-state index in [1.54, 1.807) is 18.3 Å². The first kappa shape index (κ1) is 18.8. The van der Waals surface area contributed by atoms with Gasteiger partial charge in [-0.25, -0.2) is 14.1 Å². The first-order valence-corrected chi connectivity index (χ1v) is 10.1. The average Bonchev–Trinajstić information content (AvgIpc) is 3.08. The van der Waals surface area contributed by atoms with Crippen molar-refractivity contribution in [1.82, 2.24) is 19.7 Å². The summed E-state index contributed by atoms with van der Waals surface area (Å²) in [5.41, 5.74) is 2.40. The molecule has 2 heterocycles. The van der Waals surface area contributed by atoms with Crippen LogP contribution in [-0.4, -0.2) is 37.5 Å². The first-order chi connectivity index (χ1) is 13.7. The Labute approximate surface area is 163 Å². The van der Waals surface area contributed by atoms with Crippen molar-refractivity contribution in [3.63, 3.8) is 0 Å². The average molecular weight is 383 g/mol. The maximum absolute atomic E-state index is 13.4. The van der Waals surface area contributed by atoms with Gasteiger partial charge in [0.25, 0.3) is 0 Å². The zero-order valence-corrected chi connectivity index (χ0v) is 16.1. The maximum atomic E-state index is 13.4. The van der Waals surface area contributed by atoms with E-state index < -0.39 is 0 Å². The molecule has 0 saturated heterocycles. The van der Waals surface area contributed by atoms with E-state index in [0.717, 1.165) is 67.4 Å².